The van der Waals surface area contributed by atoms with Gasteiger partial charge in [-0.1, -0.05) is 48.5 Å². The first-order valence-electron chi connectivity index (χ1n) is 9.91. The van der Waals surface area contributed by atoms with Gasteiger partial charge in [0.05, 0.1) is 11.6 Å². The third-order valence-electron chi connectivity index (χ3n) is 5.40. The van der Waals surface area contributed by atoms with E-state index in [2.05, 4.69) is 5.32 Å². The minimum absolute atomic E-state index is 0.00999. The van der Waals surface area contributed by atoms with E-state index in [4.69, 9.17) is 4.74 Å². The van der Waals surface area contributed by atoms with E-state index in [-0.39, 0.29) is 23.3 Å². The highest BCUT2D eigenvalue weighted by atomic mass is 19.4. The molecule has 0 fully saturated rings. The number of amides is 1. The summed E-state index contributed by atoms with van der Waals surface area (Å²) in [5, 5.41) is 11.7. The molecule has 166 valence electrons. The van der Waals surface area contributed by atoms with Crippen LogP contribution in [0.4, 0.5) is 22.4 Å². The molecule has 2 unspecified atom stereocenters. The van der Waals surface area contributed by atoms with Gasteiger partial charge in [0.1, 0.15) is 17.7 Å². The van der Waals surface area contributed by atoms with Gasteiger partial charge >= 0.3 is 12.3 Å². The number of fused-ring (bicyclic) bond motifs is 1. The number of rotatable bonds is 5. The Balaban J connectivity index is 1.71. The summed E-state index contributed by atoms with van der Waals surface area (Å²) in [6.45, 7) is 0. The Bertz CT molecular complexity index is 1130. The van der Waals surface area contributed by atoms with Crippen molar-refractivity contribution in [3.63, 3.8) is 0 Å². The summed E-state index contributed by atoms with van der Waals surface area (Å²) in [7, 11) is 0. The summed E-state index contributed by atoms with van der Waals surface area (Å²) in [6.07, 6.45) is -6.12. The van der Waals surface area contributed by atoms with Gasteiger partial charge in [0, 0.05) is 17.5 Å². The number of hydrogen-bond acceptors (Lipinski definition) is 2. The third kappa shape index (κ3) is 4.54. The van der Waals surface area contributed by atoms with E-state index in [0.29, 0.717) is 12.0 Å². The number of hydrogen-bond donors (Lipinski definition) is 2. The summed E-state index contributed by atoms with van der Waals surface area (Å²) in [5.74, 6) is -0.552. The number of carbonyl (C=O) groups is 1. The molecule has 0 saturated carbocycles. The second-order valence-corrected chi connectivity index (χ2v) is 7.59. The second-order valence-electron chi connectivity index (χ2n) is 7.59. The lowest BCUT2D eigenvalue weighted by Gasteiger charge is -2.24. The van der Waals surface area contributed by atoms with Crippen LogP contribution in [0.1, 0.15) is 16.7 Å². The molecular formula is C24H19F4NO3. The fourth-order valence-electron chi connectivity index (χ4n) is 4.04. The maximum absolute atomic E-state index is 14.4. The van der Waals surface area contributed by atoms with Gasteiger partial charge in [-0.05, 0) is 35.7 Å². The lowest BCUT2D eigenvalue weighted by atomic mass is 9.94. The predicted octanol–water partition coefficient (Wildman–Crippen LogP) is 5.69. The SMILES string of the molecule is O=C(O)NC(Cc1ccccc1)C1Cc2cc(F)cc(-c3ccccc3C(F)(F)F)c2O1. The molecule has 0 saturated heterocycles. The number of nitrogens with one attached hydrogen (secondary N) is 1. The largest absolute Gasteiger partial charge is 0.487 e. The molecule has 3 aromatic rings. The zero-order valence-electron chi connectivity index (χ0n) is 16.7. The fraction of sp³-hybridized carbons (Fsp3) is 0.208. The predicted molar refractivity (Wildman–Crippen MR) is 110 cm³/mol. The molecule has 4 rings (SSSR count). The Morgan fingerprint density at radius 1 is 1.06 bits per heavy atom. The highest BCUT2D eigenvalue weighted by Crippen LogP contribution is 2.45. The normalized spacial score (nSPS) is 16.2. The summed E-state index contributed by atoms with van der Waals surface area (Å²) in [4.78, 5) is 11.4. The molecule has 0 spiro atoms. The van der Waals surface area contributed by atoms with E-state index in [1.807, 2.05) is 30.3 Å². The zero-order valence-corrected chi connectivity index (χ0v) is 16.7. The molecular weight excluding hydrogens is 426 g/mol. The Morgan fingerprint density at radius 3 is 2.44 bits per heavy atom. The van der Waals surface area contributed by atoms with Crippen molar-refractivity contribution in [1.82, 2.24) is 5.32 Å². The number of carboxylic acid groups (broad SMARTS) is 1. The molecule has 1 aliphatic heterocycles. The van der Waals surface area contributed by atoms with Crippen molar-refractivity contribution >= 4 is 6.09 Å². The van der Waals surface area contributed by atoms with Crippen LogP contribution in [0.25, 0.3) is 11.1 Å². The van der Waals surface area contributed by atoms with Gasteiger partial charge in [-0.25, -0.2) is 9.18 Å². The summed E-state index contributed by atoms with van der Waals surface area (Å²) >= 11 is 0. The van der Waals surface area contributed by atoms with Crippen LogP contribution in [0.15, 0.2) is 66.7 Å². The van der Waals surface area contributed by atoms with Gasteiger partial charge in [-0.3, -0.25) is 0 Å². The summed E-state index contributed by atoms with van der Waals surface area (Å²) in [6, 6.07) is 15.6. The highest BCUT2D eigenvalue weighted by molar-refractivity contribution is 5.76. The van der Waals surface area contributed by atoms with E-state index < -0.39 is 35.8 Å². The minimum Gasteiger partial charge on any atom is -0.487 e. The van der Waals surface area contributed by atoms with Crippen LogP contribution in [0.3, 0.4) is 0 Å². The van der Waals surface area contributed by atoms with E-state index in [0.717, 1.165) is 17.7 Å². The Labute approximate surface area is 181 Å². The summed E-state index contributed by atoms with van der Waals surface area (Å²) < 4.78 is 61.1. The third-order valence-corrected chi connectivity index (χ3v) is 5.40. The molecule has 1 heterocycles. The average Bonchev–Trinajstić information content (AvgIpc) is 3.16. The van der Waals surface area contributed by atoms with Gasteiger partial charge in [0.25, 0.3) is 0 Å². The van der Waals surface area contributed by atoms with E-state index in [1.54, 1.807) is 0 Å². The number of alkyl halides is 3. The van der Waals surface area contributed by atoms with E-state index >= 15 is 0 Å². The van der Waals surface area contributed by atoms with Crippen LogP contribution in [-0.2, 0) is 19.0 Å². The van der Waals surface area contributed by atoms with Gasteiger partial charge in [-0.15, -0.1) is 0 Å². The Morgan fingerprint density at radius 2 is 1.75 bits per heavy atom. The highest BCUT2D eigenvalue weighted by Gasteiger charge is 2.37. The van der Waals surface area contributed by atoms with Gasteiger partial charge in [-0.2, -0.15) is 13.2 Å². The van der Waals surface area contributed by atoms with Crippen molar-refractivity contribution in [3.05, 3.63) is 89.2 Å². The van der Waals surface area contributed by atoms with Crippen molar-refractivity contribution in [2.45, 2.75) is 31.2 Å². The van der Waals surface area contributed by atoms with Gasteiger partial charge < -0.3 is 15.2 Å². The van der Waals surface area contributed by atoms with Crippen LogP contribution in [-0.4, -0.2) is 23.3 Å². The average molecular weight is 445 g/mol. The zero-order chi connectivity index (χ0) is 22.9. The molecule has 3 aromatic carbocycles. The lowest BCUT2D eigenvalue weighted by Crippen LogP contribution is -2.46. The maximum Gasteiger partial charge on any atom is 0.417 e. The molecule has 8 heteroatoms. The molecule has 1 aliphatic rings. The van der Waals surface area contributed by atoms with Crippen molar-refractivity contribution < 1.29 is 32.2 Å². The smallest absolute Gasteiger partial charge is 0.417 e. The Kier molecular flexibility index (Phi) is 5.78. The number of ether oxygens (including phenoxy) is 1. The van der Waals surface area contributed by atoms with Gasteiger partial charge in [0.2, 0.25) is 0 Å². The van der Waals surface area contributed by atoms with Crippen LogP contribution in [0, 0.1) is 5.82 Å². The van der Waals surface area contributed by atoms with Crippen LogP contribution >= 0.6 is 0 Å². The molecule has 2 N–H and O–H groups in total. The number of benzene rings is 3. The van der Waals surface area contributed by atoms with E-state index in [9.17, 15) is 27.5 Å². The molecule has 0 bridgehead atoms. The first-order chi connectivity index (χ1) is 15.2. The topological polar surface area (TPSA) is 58.6 Å². The Hall–Kier alpha value is -3.55. The van der Waals surface area contributed by atoms with Crippen molar-refractivity contribution in [2.24, 2.45) is 0 Å². The molecule has 0 aromatic heterocycles. The first-order valence-corrected chi connectivity index (χ1v) is 9.91. The van der Waals surface area contributed by atoms with Gasteiger partial charge in [0.15, 0.2) is 0 Å². The first kappa shape index (κ1) is 21.7. The quantitative estimate of drug-likeness (QED) is 0.496. The monoisotopic (exact) mass is 445 g/mol. The van der Waals surface area contributed by atoms with E-state index in [1.165, 1.54) is 24.3 Å². The number of halogens is 4. The lowest BCUT2D eigenvalue weighted by molar-refractivity contribution is -0.137. The molecule has 2 atom stereocenters. The van der Waals surface area contributed by atoms with Crippen LogP contribution in [0.2, 0.25) is 0 Å². The fourth-order valence-corrected chi connectivity index (χ4v) is 4.04. The van der Waals surface area contributed by atoms with Crippen molar-refractivity contribution in [3.8, 4) is 16.9 Å². The second kappa shape index (κ2) is 8.53. The maximum atomic E-state index is 14.4. The van der Waals surface area contributed by atoms with Crippen molar-refractivity contribution in [1.29, 1.82) is 0 Å². The van der Waals surface area contributed by atoms with Crippen LogP contribution < -0.4 is 10.1 Å². The van der Waals surface area contributed by atoms with Crippen molar-refractivity contribution in [2.75, 3.05) is 0 Å². The minimum atomic E-state index is -4.63. The molecule has 0 aliphatic carbocycles. The van der Waals surface area contributed by atoms with Crippen LogP contribution in [0.5, 0.6) is 5.75 Å². The summed E-state index contributed by atoms with van der Waals surface area (Å²) in [5.41, 5.74) is 0.155. The molecule has 4 nitrogen and oxygen atoms in total. The molecule has 32 heavy (non-hydrogen) atoms. The molecule has 1 amide bonds. The molecule has 0 radical (unpaired) electrons. The standard InChI is InChI=1S/C24H19F4NO3/c25-16-11-15-12-21(20(29-23(30)31)10-14-6-2-1-3-7-14)32-22(15)18(13-16)17-8-4-5-9-19(17)24(26,27)28/h1-9,11,13,20-21,29H,10,12H2,(H,30,31).